The second-order valence-electron chi connectivity index (χ2n) is 9.28. The van der Waals surface area contributed by atoms with E-state index in [0.29, 0.717) is 34.0 Å². The number of nitrogens with one attached hydrogen (secondary N) is 2. The fourth-order valence-corrected chi connectivity index (χ4v) is 5.72. The minimum Gasteiger partial charge on any atom is -0.465 e. The van der Waals surface area contributed by atoms with Crippen molar-refractivity contribution >= 4 is 28.2 Å². The summed E-state index contributed by atoms with van der Waals surface area (Å²) in [7, 11) is 1.36. The van der Waals surface area contributed by atoms with E-state index in [9.17, 15) is 9.59 Å². The largest absolute Gasteiger partial charge is 0.465 e. The number of ether oxygens (including phenoxy) is 2. The molecular formula is C26H28N2O4S. The van der Waals surface area contributed by atoms with Gasteiger partial charge in [-0.25, -0.2) is 4.79 Å². The zero-order valence-corrected chi connectivity index (χ0v) is 20.3. The number of carbonyl (C=O) groups is 2. The van der Waals surface area contributed by atoms with Crippen LogP contribution >= 0.6 is 11.3 Å². The number of rotatable bonds is 5. The van der Waals surface area contributed by atoms with Crippen molar-refractivity contribution in [3.05, 3.63) is 76.2 Å². The van der Waals surface area contributed by atoms with Gasteiger partial charge in [0.05, 0.1) is 18.2 Å². The molecule has 0 saturated heterocycles. The summed E-state index contributed by atoms with van der Waals surface area (Å²) in [5, 5.41) is 7.08. The second-order valence-corrected chi connectivity index (χ2v) is 10.3. The maximum absolute atomic E-state index is 13.3. The number of methoxy groups -OCH3 is 1. The van der Waals surface area contributed by atoms with Crippen LogP contribution in [0, 0.1) is 0 Å². The molecule has 172 valence electrons. The molecule has 1 aliphatic heterocycles. The van der Waals surface area contributed by atoms with Gasteiger partial charge >= 0.3 is 5.97 Å². The number of para-hydroxylation sites is 2. The topological polar surface area (TPSA) is 76.7 Å². The fraction of sp³-hybridized carbons (Fsp3) is 0.308. The molecule has 0 unspecified atom stereocenters. The number of esters is 1. The predicted octanol–water partition coefficient (Wildman–Crippen LogP) is 5.74. The Kier molecular flexibility index (Phi) is 6.03. The first-order valence-electron chi connectivity index (χ1n) is 10.8. The van der Waals surface area contributed by atoms with Crippen LogP contribution in [0.25, 0.3) is 0 Å². The molecule has 2 N–H and O–H groups in total. The third-order valence-electron chi connectivity index (χ3n) is 5.56. The Balaban J connectivity index is 1.72. The standard InChI is InChI=1S/C26H28N2O4S/c1-25(2)15-18-20(24(30)31-5)23(33-21(18)26(3,4)28-25)27-22(29)17-13-9-10-14-19(17)32-16-11-7-6-8-12-16/h6-14,28H,15H2,1-5H3,(H,27,29). The Morgan fingerprint density at radius 1 is 1.00 bits per heavy atom. The van der Waals surface area contributed by atoms with Crippen LogP contribution in [0.3, 0.4) is 0 Å². The number of fused-ring (bicyclic) bond motifs is 1. The van der Waals surface area contributed by atoms with Crippen LogP contribution in [-0.2, 0) is 16.7 Å². The van der Waals surface area contributed by atoms with Crippen molar-refractivity contribution < 1.29 is 19.1 Å². The lowest BCUT2D eigenvalue weighted by Crippen LogP contribution is -2.55. The molecule has 2 aromatic carbocycles. The fourth-order valence-electron chi connectivity index (χ4n) is 4.46. The SMILES string of the molecule is COC(=O)c1c(NC(=O)c2ccccc2Oc2ccccc2)sc2c1CC(C)(C)NC2(C)C. The molecule has 3 aromatic rings. The first-order chi connectivity index (χ1) is 15.6. The van der Waals surface area contributed by atoms with E-state index in [1.807, 2.05) is 36.4 Å². The summed E-state index contributed by atoms with van der Waals surface area (Å²) in [6, 6.07) is 16.3. The van der Waals surface area contributed by atoms with Crippen LogP contribution < -0.4 is 15.4 Å². The summed E-state index contributed by atoms with van der Waals surface area (Å²) in [5.41, 5.74) is 1.15. The minimum absolute atomic E-state index is 0.211. The van der Waals surface area contributed by atoms with E-state index in [-0.39, 0.29) is 17.0 Å². The maximum Gasteiger partial charge on any atom is 0.341 e. The first-order valence-corrected chi connectivity index (χ1v) is 11.6. The highest BCUT2D eigenvalue weighted by atomic mass is 32.1. The molecule has 7 heteroatoms. The van der Waals surface area contributed by atoms with Gasteiger partial charge in [-0.2, -0.15) is 0 Å². The molecular weight excluding hydrogens is 436 g/mol. The van der Waals surface area contributed by atoms with Gasteiger partial charge in [-0.15, -0.1) is 11.3 Å². The smallest absolute Gasteiger partial charge is 0.341 e. The number of amides is 1. The van der Waals surface area contributed by atoms with E-state index < -0.39 is 5.97 Å². The number of hydrogen-bond acceptors (Lipinski definition) is 6. The predicted molar refractivity (Wildman–Crippen MR) is 131 cm³/mol. The maximum atomic E-state index is 13.3. The summed E-state index contributed by atoms with van der Waals surface area (Å²) >= 11 is 1.41. The third kappa shape index (κ3) is 4.65. The van der Waals surface area contributed by atoms with Gasteiger partial charge in [0.25, 0.3) is 5.91 Å². The van der Waals surface area contributed by atoms with Gasteiger partial charge in [-0.3, -0.25) is 4.79 Å². The molecule has 1 aromatic heterocycles. The number of carbonyl (C=O) groups excluding carboxylic acids is 2. The van der Waals surface area contributed by atoms with Gasteiger partial charge < -0.3 is 20.1 Å². The Bertz CT molecular complexity index is 1200. The van der Waals surface area contributed by atoms with Crippen molar-refractivity contribution in [1.82, 2.24) is 5.32 Å². The zero-order chi connectivity index (χ0) is 23.8. The summed E-state index contributed by atoms with van der Waals surface area (Å²) in [6.45, 7) is 8.37. The highest BCUT2D eigenvalue weighted by molar-refractivity contribution is 7.17. The van der Waals surface area contributed by atoms with Gasteiger partial charge in [-0.05, 0) is 63.9 Å². The lowest BCUT2D eigenvalue weighted by Gasteiger charge is -2.42. The molecule has 0 saturated carbocycles. The molecule has 0 atom stereocenters. The van der Waals surface area contributed by atoms with Gasteiger partial charge in [-0.1, -0.05) is 30.3 Å². The molecule has 1 amide bonds. The van der Waals surface area contributed by atoms with Crippen molar-refractivity contribution in [2.24, 2.45) is 0 Å². The summed E-state index contributed by atoms with van der Waals surface area (Å²) in [6.07, 6.45) is 0.649. The monoisotopic (exact) mass is 464 g/mol. The first kappa shape index (κ1) is 23.0. The average molecular weight is 465 g/mol. The Hall–Kier alpha value is -3.16. The van der Waals surface area contributed by atoms with Crippen molar-refractivity contribution in [2.75, 3.05) is 12.4 Å². The van der Waals surface area contributed by atoms with Crippen LogP contribution in [0.1, 0.15) is 58.9 Å². The average Bonchev–Trinajstić information content (AvgIpc) is 3.11. The van der Waals surface area contributed by atoms with Crippen molar-refractivity contribution in [2.45, 2.75) is 45.2 Å². The number of hydrogen-bond donors (Lipinski definition) is 2. The van der Waals surface area contributed by atoms with Crippen LogP contribution in [-0.4, -0.2) is 24.5 Å². The van der Waals surface area contributed by atoms with E-state index in [4.69, 9.17) is 9.47 Å². The molecule has 0 aliphatic carbocycles. The normalized spacial score (nSPS) is 15.9. The van der Waals surface area contributed by atoms with E-state index in [1.54, 1.807) is 18.2 Å². The lowest BCUT2D eigenvalue weighted by atomic mass is 9.81. The highest BCUT2D eigenvalue weighted by Gasteiger charge is 2.42. The van der Waals surface area contributed by atoms with E-state index in [1.165, 1.54) is 18.4 Å². The van der Waals surface area contributed by atoms with Crippen molar-refractivity contribution in [3.63, 3.8) is 0 Å². The molecule has 2 heterocycles. The molecule has 0 radical (unpaired) electrons. The summed E-state index contributed by atoms with van der Waals surface area (Å²) in [4.78, 5) is 27.2. The summed E-state index contributed by atoms with van der Waals surface area (Å²) in [5.74, 6) is 0.264. The van der Waals surface area contributed by atoms with Gasteiger partial charge in [0, 0.05) is 16.0 Å². The molecule has 6 nitrogen and oxygen atoms in total. The Morgan fingerprint density at radius 2 is 1.67 bits per heavy atom. The van der Waals surface area contributed by atoms with Gasteiger partial charge in [0.15, 0.2) is 0 Å². The number of anilines is 1. The van der Waals surface area contributed by atoms with E-state index in [0.717, 1.165) is 10.4 Å². The third-order valence-corrected chi connectivity index (χ3v) is 7.03. The van der Waals surface area contributed by atoms with Crippen LogP contribution in [0.2, 0.25) is 0 Å². The van der Waals surface area contributed by atoms with Crippen LogP contribution in [0.5, 0.6) is 11.5 Å². The molecule has 0 fully saturated rings. The van der Waals surface area contributed by atoms with E-state index in [2.05, 4.69) is 38.3 Å². The van der Waals surface area contributed by atoms with Crippen LogP contribution in [0.4, 0.5) is 5.00 Å². The molecule has 1 aliphatic rings. The quantitative estimate of drug-likeness (QED) is 0.471. The minimum atomic E-state index is -0.454. The molecule has 0 spiro atoms. The Morgan fingerprint density at radius 3 is 2.36 bits per heavy atom. The number of benzene rings is 2. The van der Waals surface area contributed by atoms with Gasteiger partial charge in [0.1, 0.15) is 16.5 Å². The lowest BCUT2D eigenvalue weighted by molar-refractivity contribution is 0.0600. The van der Waals surface area contributed by atoms with Crippen molar-refractivity contribution in [3.8, 4) is 11.5 Å². The molecule has 33 heavy (non-hydrogen) atoms. The second kappa shape index (κ2) is 8.65. The van der Waals surface area contributed by atoms with Gasteiger partial charge in [0.2, 0.25) is 0 Å². The number of thiophene rings is 1. The Labute approximate surface area is 197 Å². The van der Waals surface area contributed by atoms with E-state index >= 15 is 0 Å². The summed E-state index contributed by atoms with van der Waals surface area (Å²) < 4.78 is 11.0. The molecule has 0 bridgehead atoms. The zero-order valence-electron chi connectivity index (χ0n) is 19.4. The van der Waals surface area contributed by atoms with Crippen molar-refractivity contribution in [1.29, 1.82) is 0 Å². The van der Waals surface area contributed by atoms with Crippen LogP contribution in [0.15, 0.2) is 54.6 Å². The highest BCUT2D eigenvalue weighted by Crippen LogP contribution is 2.45. The molecule has 4 rings (SSSR count).